The van der Waals surface area contributed by atoms with Crippen molar-refractivity contribution < 1.29 is 18.3 Å². The van der Waals surface area contributed by atoms with Gasteiger partial charge in [0.25, 0.3) is 0 Å². The third-order valence-electron chi connectivity index (χ3n) is 2.81. The van der Waals surface area contributed by atoms with Gasteiger partial charge in [-0.3, -0.25) is 9.48 Å². The molecule has 0 aliphatic carbocycles. The van der Waals surface area contributed by atoms with Gasteiger partial charge in [-0.05, 0) is 26.7 Å². The number of nitrogens with zero attached hydrogens (tertiary/aromatic N) is 2. The highest BCUT2D eigenvalue weighted by Crippen LogP contribution is 2.22. The van der Waals surface area contributed by atoms with Crippen molar-refractivity contribution in [1.82, 2.24) is 9.78 Å². The van der Waals surface area contributed by atoms with Crippen molar-refractivity contribution in [3.8, 4) is 0 Å². The predicted molar refractivity (Wildman–Crippen MR) is 66.0 cm³/mol. The first kappa shape index (κ1) is 14.7. The Balaban J connectivity index is 2.56. The van der Waals surface area contributed by atoms with E-state index < -0.39 is 21.2 Å². The highest BCUT2D eigenvalue weighted by atomic mass is 32.2. The van der Waals surface area contributed by atoms with E-state index in [-0.39, 0.29) is 4.90 Å². The van der Waals surface area contributed by atoms with Crippen molar-refractivity contribution in [2.45, 2.75) is 38.1 Å². The molecule has 0 radical (unpaired) electrons. The van der Waals surface area contributed by atoms with E-state index in [0.717, 1.165) is 6.26 Å². The van der Waals surface area contributed by atoms with Crippen molar-refractivity contribution >= 4 is 15.8 Å². The highest BCUT2D eigenvalue weighted by molar-refractivity contribution is 7.90. The fourth-order valence-corrected chi connectivity index (χ4v) is 2.00. The summed E-state index contributed by atoms with van der Waals surface area (Å²) in [5.41, 5.74) is -0.771. The normalized spacial score (nSPS) is 12.6. The molecule has 1 heterocycles. The summed E-state index contributed by atoms with van der Waals surface area (Å²) in [5.74, 6) is -0.834. The lowest BCUT2D eigenvalue weighted by Gasteiger charge is -2.18. The van der Waals surface area contributed by atoms with E-state index >= 15 is 0 Å². The lowest BCUT2D eigenvalue weighted by Crippen LogP contribution is -2.23. The Kier molecular flexibility index (Phi) is 4.16. The lowest BCUT2D eigenvalue weighted by molar-refractivity contribution is -0.147. The Morgan fingerprint density at radius 1 is 1.50 bits per heavy atom. The molecule has 0 amide bonds. The molecule has 0 atom stereocenters. The molecule has 0 saturated carbocycles. The van der Waals surface area contributed by atoms with E-state index in [9.17, 15) is 13.2 Å². The molecule has 0 aliphatic rings. The molecule has 6 nitrogen and oxygen atoms in total. The molecule has 0 saturated heterocycles. The first-order valence-corrected chi connectivity index (χ1v) is 7.48. The molecule has 102 valence electrons. The Morgan fingerprint density at radius 3 is 2.56 bits per heavy atom. The van der Waals surface area contributed by atoms with Crippen LogP contribution in [-0.2, 0) is 21.2 Å². The largest absolute Gasteiger partial charge is 0.481 e. The van der Waals surface area contributed by atoms with Crippen LogP contribution in [0.1, 0.15) is 26.7 Å². The maximum absolute atomic E-state index is 11.2. The molecular weight excluding hydrogens is 256 g/mol. The van der Waals surface area contributed by atoms with Gasteiger partial charge in [0.05, 0.1) is 11.6 Å². The van der Waals surface area contributed by atoms with Crippen LogP contribution in [-0.4, -0.2) is 35.5 Å². The fraction of sp³-hybridized carbons (Fsp3) is 0.636. The zero-order valence-corrected chi connectivity index (χ0v) is 11.6. The average molecular weight is 274 g/mol. The molecule has 0 bridgehead atoms. The number of aromatic nitrogens is 2. The molecule has 0 fully saturated rings. The van der Waals surface area contributed by atoms with Crippen LogP contribution in [0, 0.1) is 5.41 Å². The quantitative estimate of drug-likeness (QED) is 0.841. The van der Waals surface area contributed by atoms with Gasteiger partial charge in [-0.15, -0.1) is 0 Å². The Labute approximate surface area is 107 Å². The van der Waals surface area contributed by atoms with Crippen molar-refractivity contribution in [3.05, 3.63) is 12.4 Å². The van der Waals surface area contributed by atoms with Crippen molar-refractivity contribution in [1.29, 1.82) is 0 Å². The summed E-state index contributed by atoms with van der Waals surface area (Å²) in [6.07, 6.45) is 5.03. The molecule has 1 N–H and O–H groups in total. The Hall–Kier alpha value is -1.37. The molecule has 0 spiro atoms. The summed E-state index contributed by atoms with van der Waals surface area (Å²) in [5, 5.41) is 12.9. The number of aliphatic carboxylic acids is 1. The van der Waals surface area contributed by atoms with E-state index in [1.807, 2.05) is 0 Å². The number of aryl methyl sites for hydroxylation is 1. The van der Waals surface area contributed by atoms with Crippen molar-refractivity contribution in [3.63, 3.8) is 0 Å². The summed E-state index contributed by atoms with van der Waals surface area (Å²) in [6, 6.07) is 0. The van der Waals surface area contributed by atoms with Gasteiger partial charge in [0, 0.05) is 19.0 Å². The van der Waals surface area contributed by atoms with E-state index in [2.05, 4.69) is 5.10 Å². The molecule has 0 aliphatic heterocycles. The topological polar surface area (TPSA) is 89.3 Å². The van der Waals surface area contributed by atoms with Crippen LogP contribution >= 0.6 is 0 Å². The summed E-state index contributed by atoms with van der Waals surface area (Å²) in [7, 11) is -3.23. The number of hydrogen-bond donors (Lipinski definition) is 1. The number of carboxylic acid groups (broad SMARTS) is 1. The molecule has 18 heavy (non-hydrogen) atoms. The highest BCUT2D eigenvalue weighted by Gasteiger charge is 2.26. The molecule has 1 aromatic heterocycles. The van der Waals surface area contributed by atoms with Gasteiger partial charge in [0.1, 0.15) is 4.90 Å². The van der Waals surface area contributed by atoms with Crippen LogP contribution in [0.2, 0.25) is 0 Å². The Bertz CT molecular complexity index is 531. The second-order valence-electron chi connectivity index (χ2n) is 5.00. The van der Waals surface area contributed by atoms with Gasteiger partial charge in [-0.1, -0.05) is 0 Å². The molecule has 7 heteroatoms. The van der Waals surface area contributed by atoms with Crippen LogP contribution in [0.25, 0.3) is 0 Å². The minimum Gasteiger partial charge on any atom is -0.481 e. The van der Waals surface area contributed by atoms with Crippen LogP contribution in [0.5, 0.6) is 0 Å². The molecular formula is C11H18N2O4S. The monoisotopic (exact) mass is 274 g/mol. The van der Waals surface area contributed by atoms with Crippen LogP contribution < -0.4 is 0 Å². The molecule has 0 aromatic carbocycles. The summed E-state index contributed by atoms with van der Waals surface area (Å²) in [4.78, 5) is 11.1. The standard InChI is InChI=1S/C11H18N2O4S/c1-11(2,10(14)15)5-4-6-13-8-9(7-12-13)18(3,16)17/h7-8H,4-6H2,1-3H3,(H,14,15). The van der Waals surface area contributed by atoms with Gasteiger partial charge in [0.15, 0.2) is 9.84 Å². The van der Waals surface area contributed by atoms with Crippen molar-refractivity contribution in [2.24, 2.45) is 5.41 Å². The maximum Gasteiger partial charge on any atom is 0.309 e. The second kappa shape index (κ2) is 5.09. The van der Waals surface area contributed by atoms with Gasteiger partial charge in [-0.2, -0.15) is 5.10 Å². The third-order valence-corrected chi connectivity index (χ3v) is 3.87. The smallest absolute Gasteiger partial charge is 0.309 e. The average Bonchev–Trinajstić information content (AvgIpc) is 2.65. The minimum atomic E-state index is -3.23. The lowest BCUT2D eigenvalue weighted by atomic mass is 9.88. The summed E-state index contributed by atoms with van der Waals surface area (Å²) in [6.45, 7) is 3.84. The molecule has 0 unspecified atom stereocenters. The zero-order chi connectivity index (χ0) is 14.0. The van der Waals surface area contributed by atoms with Crippen LogP contribution in [0.4, 0.5) is 0 Å². The van der Waals surface area contributed by atoms with Gasteiger partial charge < -0.3 is 5.11 Å². The first-order chi connectivity index (χ1) is 8.13. The molecule has 1 rings (SSSR count). The maximum atomic E-state index is 11.2. The van der Waals surface area contributed by atoms with E-state index in [1.165, 1.54) is 17.1 Å². The number of rotatable bonds is 6. The predicted octanol–water partition coefficient (Wildman–Crippen LogP) is 1.18. The number of sulfone groups is 1. The second-order valence-corrected chi connectivity index (χ2v) is 7.02. The number of carboxylic acids is 1. The minimum absolute atomic E-state index is 0.181. The van der Waals surface area contributed by atoms with Crippen molar-refractivity contribution in [2.75, 3.05) is 6.26 Å². The number of carbonyl (C=O) groups is 1. The zero-order valence-electron chi connectivity index (χ0n) is 10.8. The summed E-state index contributed by atoms with van der Waals surface area (Å²) >= 11 is 0. The Morgan fingerprint density at radius 2 is 2.11 bits per heavy atom. The first-order valence-electron chi connectivity index (χ1n) is 5.59. The fourth-order valence-electron chi connectivity index (χ4n) is 1.45. The molecule has 1 aromatic rings. The van der Waals surface area contributed by atoms with Gasteiger partial charge >= 0.3 is 5.97 Å². The van der Waals surface area contributed by atoms with Gasteiger partial charge in [-0.25, -0.2) is 8.42 Å². The van der Waals surface area contributed by atoms with Crippen LogP contribution in [0.3, 0.4) is 0 Å². The van der Waals surface area contributed by atoms with E-state index in [0.29, 0.717) is 19.4 Å². The third kappa shape index (κ3) is 3.83. The van der Waals surface area contributed by atoms with Gasteiger partial charge in [0.2, 0.25) is 0 Å². The van der Waals surface area contributed by atoms with Crippen LogP contribution in [0.15, 0.2) is 17.3 Å². The van der Waals surface area contributed by atoms with E-state index in [4.69, 9.17) is 5.11 Å². The summed E-state index contributed by atoms with van der Waals surface area (Å²) < 4.78 is 24.0. The van der Waals surface area contributed by atoms with E-state index in [1.54, 1.807) is 13.8 Å². The number of hydrogen-bond acceptors (Lipinski definition) is 4. The SMILES string of the molecule is CC(C)(CCCn1cc(S(C)(=O)=O)cn1)C(=O)O.